The fraction of sp³-hybridized carbons (Fsp3) is 0.0500. The maximum absolute atomic E-state index is 13.7. The third kappa shape index (κ3) is 4.88. The van der Waals surface area contributed by atoms with Crippen molar-refractivity contribution >= 4 is 34.6 Å². The number of benzene rings is 2. The molecular formula is C20H16F2N4O2. The SMILES string of the molecule is CC(=O)Nc1ccc(Nc2ccnc(C(=O)Nc3ccc(F)cc3F)c2)cc1. The lowest BCUT2D eigenvalue weighted by Crippen LogP contribution is -2.15. The third-order valence-electron chi connectivity index (χ3n) is 3.67. The zero-order chi connectivity index (χ0) is 20.1. The van der Waals surface area contributed by atoms with E-state index in [9.17, 15) is 18.4 Å². The topological polar surface area (TPSA) is 83.1 Å². The number of rotatable bonds is 5. The van der Waals surface area contributed by atoms with Gasteiger partial charge in [0.1, 0.15) is 17.3 Å². The van der Waals surface area contributed by atoms with Gasteiger partial charge in [0.25, 0.3) is 5.91 Å². The lowest BCUT2D eigenvalue weighted by atomic mass is 10.2. The minimum Gasteiger partial charge on any atom is -0.355 e. The molecule has 142 valence electrons. The van der Waals surface area contributed by atoms with E-state index in [1.807, 2.05) is 0 Å². The highest BCUT2D eigenvalue weighted by atomic mass is 19.1. The Morgan fingerprint density at radius 2 is 1.57 bits per heavy atom. The zero-order valence-electron chi connectivity index (χ0n) is 14.8. The van der Waals surface area contributed by atoms with Crippen molar-refractivity contribution in [2.45, 2.75) is 6.92 Å². The highest BCUT2D eigenvalue weighted by molar-refractivity contribution is 6.03. The number of carbonyl (C=O) groups is 2. The number of anilines is 4. The van der Waals surface area contributed by atoms with Gasteiger partial charge in [0.05, 0.1) is 5.69 Å². The fourth-order valence-electron chi connectivity index (χ4n) is 2.42. The molecule has 3 rings (SSSR count). The van der Waals surface area contributed by atoms with Gasteiger partial charge in [-0.15, -0.1) is 0 Å². The highest BCUT2D eigenvalue weighted by Crippen LogP contribution is 2.20. The molecule has 0 aliphatic rings. The Morgan fingerprint density at radius 1 is 0.857 bits per heavy atom. The summed E-state index contributed by atoms with van der Waals surface area (Å²) in [5.74, 6) is -2.40. The first kappa shape index (κ1) is 19.0. The van der Waals surface area contributed by atoms with Gasteiger partial charge in [0, 0.05) is 36.2 Å². The number of halogens is 2. The molecule has 28 heavy (non-hydrogen) atoms. The Balaban J connectivity index is 1.71. The lowest BCUT2D eigenvalue weighted by Gasteiger charge is -2.10. The van der Waals surface area contributed by atoms with Gasteiger partial charge in [0.15, 0.2) is 0 Å². The number of nitrogens with zero attached hydrogens (tertiary/aromatic N) is 1. The Hall–Kier alpha value is -3.81. The Labute approximate surface area is 159 Å². The van der Waals surface area contributed by atoms with E-state index in [-0.39, 0.29) is 17.3 Å². The molecule has 1 aromatic heterocycles. The minimum atomic E-state index is -0.873. The van der Waals surface area contributed by atoms with Crippen molar-refractivity contribution in [2.24, 2.45) is 0 Å². The molecule has 3 N–H and O–H groups in total. The molecule has 0 aliphatic carbocycles. The van der Waals surface area contributed by atoms with Crippen LogP contribution in [0.4, 0.5) is 31.5 Å². The summed E-state index contributed by atoms with van der Waals surface area (Å²) < 4.78 is 26.7. The summed E-state index contributed by atoms with van der Waals surface area (Å²) in [7, 11) is 0. The zero-order valence-corrected chi connectivity index (χ0v) is 14.8. The van der Waals surface area contributed by atoms with Crippen LogP contribution < -0.4 is 16.0 Å². The summed E-state index contributed by atoms with van der Waals surface area (Å²) in [6, 6.07) is 13.0. The van der Waals surface area contributed by atoms with Crippen LogP contribution in [0.15, 0.2) is 60.8 Å². The summed E-state index contributed by atoms with van der Waals surface area (Å²) in [6.07, 6.45) is 1.43. The van der Waals surface area contributed by atoms with Crippen molar-refractivity contribution in [3.05, 3.63) is 78.1 Å². The fourth-order valence-corrected chi connectivity index (χ4v) is 2.42. The summed E-state index contributed by atoms with van der Waals surface area (Å²) in [6.45, 7) is 1.42. The first-order chi connectivity index (χ1) is 13.4. The average Bonchev–Trinajstić information content (AvgIpc) is 2.65. The quantitative estimate of drug-likeness (QED) is 0.614. The van der Waals surface area contributed by atoms with E-state index in [0.29, 0.717) is 17.4 Å². The Kier molecular flexibility index (Phi) is 5.59. The normalized spacial score (nSPS) is 10.2. The second-order valence-electron chi connectivity index (χ2n) is 5.89. The van der Waals surface area contributed by atoms with Gasteiger partial charge in [-0.1, -0.05) is 0 Å². The molecule has 6 nitrogen and oxygen atoms in total. The minimum absolute atomic E-state index is 0.0589. The standard InChI is InChI=1S/C20H16F2N4O2/c1-12(27)24-14-3-5-15(6-4-14)25-16-8-9-23-19(11-16)20(28)26-18-7-2-13(21)10-17(18)22/h2-11H,1H3,(H,23,25)(H,24,27)(H,26,28). The monoisotopic (exact) mass is 382 g/mol. The van der Waals surface area contributed by atoms with Gasteiger partial charge in [-0.3, -0.25) is 14.6 Å². The van der Waals surface area contributed by atoms with Crippen LogP contribution in [0.1, 0.15) is 17.4 Å². The molecule has 0 fully saturated rings. The molecular weight excluding hydrogens is 366 g/mol. The van der Waals surface area contributed by atoms with E-state index in [2.05, 4.69) is 20.9 Å². The molecule has 0 saturated carbocycles. The van der Waals surface area contributed by atoms with Gasteiger partial charge in [0.2, 0.25) is 5.91 Å². The number of carbonyl (C=O) groups excluding carboxylic acids is 2. The van der Waals surface area contributed by atoms with Gasteiger partial charge in [-0.05, 0) is 48.5 Å². The summed E-state index contributed by atoms with van der Waals surface area (Å²) in [4.78, 5) is 27.3. The average molecular weight is 382 g/mol. The summed E-state index contributed by atoms with van der Waals surface area (Å²) in [5.41, 5.74) is 1.90. The molecule has 0 unspecified atom stereocenters. The highest BCUT2D eigenvalue weighted by Gasteiger charge is 2.12. The van der Waals surface area contributed by atoms with E-state index >= 15 is 0 Å². The van der Waals surface area contributed by atoms with Crippen molar-refractivity contribution in [2.75, 3.05) is 16.0 Å². The molecule has 1 heterocycles. The Bertz CT molecular complexity index is 1020. The maximum Gasteiger partial charge on any atom is 0.274 e. The smallest absolute Gasteiger partial charge is 0.274 e. The largest absolute Gasteiger partial charge is 0.355 e. The number of hydrogen-bond donors (Lipinski definition) is 3. The predicted molar refractivity (Wildman–Crippen MR) is 103 cm³/mol. The number of amides is 2. The van der Waals surface area contributed by atoms with Crippen molar-refractivity contribution in [3.8, 4) is 0 Å². The predicted octanol–water partition coefficient (Wildman–Crippen LogP) is 4.31. The van der Waals surface area contributed by atoms with Crippen molar-refractivity contribution in [1.29, 1.82) is 0 Å². The van der Waals surface area contributed by atoms with E-state index in [1.165, 1.54) is 19.2 Å². The number of pyridine rings is 1. The molecule has 0 saturated heterocycles. The molecule has 0 atom stereocenters. The lowest BCUT2D eigenvalue weighted by molar-refractivity contribution is -0.114. The van der Waals surface area contributed by atoms with Crippen LogP contribution in [0, 0.1) is 11.6 Å². The van der Waals surface area contributed by atoms with E-state index in [0.717, 1.165) is 17.8 Å². The van der Waals surface area contributed by atoms with Crippen LogP contribution in [-0.2, 0) is 4.79 Å². The van der Waals surface area contributed by atoms with Crippen LogP contribution in [0.5, 0.6) is 0 Å². The first-order valence-electron chi connectivity index (χ1n) is 8.28. The molecule has 0 radical (unpaired) electrons. The summed E-state index contributed by atoms with van der Waals surface area (Å²) >= 11 is 0. The van der Waals surface area contributed by atoms with Crippen LogP contribution in [0.3, 0.4) is 0 Å². The second kappa shape index (κ2) is 8.26. The van der Waals surface area contributed by atoms with E-state index in [1.54, 1.807) is 30.3 Å². The number of hydrogen-bond acceptors (Lipinski definition) is 4. The number of aromatic nitrogens is 1. The second-order valence-corrected chi connectivity index (χ2v) is 5.89. The van der Waals surface area contributed by atoms with Gasteiger partial charge in [-0.25, -0.2) is 8.78 Å². The van der Waals surface area contributed by atoms with Gasteiger partial charge < -0.3 is 16.0 Å². The third-order valence-corrected chi connectivity index (χ3v) is 3.67. The molecule has 3 aromatic rings. The van der Waals surface area contributed by atoms with E-state index < -0.39 is 17.5 Å². The maximum atomic E-state index is 13.7. The van der Waals surface area contributed by atoms with Gasteiger partial charge >= 0.3 is 0 Å². The van der Waals surface area contributed by atoms with Crippen LogP contribution in [-0.4, -0.2) is 16.8 Å². The van der Waals surface area contributed by atoms with Gasteiger partial charge in [-0.2, -0.15) is 0 Å². The summed E-state index contributed by atoms with van der Waals surface area (Å²) in [5, 5.41) is 8.13. The first-order valence-corrected chi connectivity index (χ1v) is 8.28. The van der Waals surface area contributed by atoms with Crippen LogP contribution >= 0.6 is 0 Å². The molecule has 2 aromatic carbocycles. The van der Waals surface area contributed by atoms with E-state index in [4.69, 9.17) is 0 Å². The number of nitrogens with one attached hydrogen (secondary N) is 3. The van der Waals surface area contributed by atoms with Crippen molar-refractivity contribution in [1.82, 2.24) is 4.98 Å². The molecule has 8 heteroatoms. The van der Waals surface area contributed by atoms with Crippen molar-refractivity contribution < 1.29 is 18.4 Å². The van der Waals surface area contributed by atoms with Crippen LogP contribution in [0.25, 0.3) is 0 Å². The Morgan fingerprint density at radius 3 is 2.25 bits per heavy atom. The van der Waals surface area contributed by atoms with Crippen molar-refractivity contribution in [3.63, 3.8) is 0 Å². The molecule has 0 spiro atoms. The molecule has 0 aliphatic heterocycles. The van der Waals surface area contributed by atoms with Crippen LogP contribution in [0.2, 0.25) is 0 Å². The molecule has 0 bridgehead atoms. The molecule has 2 amide bonds.